The van der Waals surface area contributed by atoms with Crippen LogP contribution in [0.2, 0.25) is 0 Å². The van der Waals surface area contributed by atoms with Gasteiger partial charge < -0.3 is 0 Å². The summed E-state index contributed by atoms with van der Waals surface area (Å²) in [5.41, 5.74) is 18.5. The minimum Gasteiger partial charge on any atom is -0.0837 e. The average Bonchev–Trinajstić information content (AvgIpc) is 2.68. The number of halogens is 2. The highest BCUT2D eigenvalue weighted by atomic mass is 79.9. The summed E-state index contributed by atoms with van der Waals surface area (Å²) >= 11 is 7.85. The van der Waals surface area contributed by atoms with Gasteiger partial charge in [-0.05, 0) is 82.7 Å². The fourth-order valence-electron chi connectivity index (χ4n) is 5.61. The minimum atomic E-state index is 0.261. The monoisotopic (exact) mass is 520 g/mol. The molecule has 30 heavy (non-hydrogen) atoms. The number of benzene rings is 3. The van der Waals surface area contributed by atoms with Crippen molar-refractivity contribution in [3.05, 3.63) is 77.2 Å². The van der Waals surface area contributed by atoms with Crippen molar-refractivity contribution in [1.82, 2.24) is 0 Å². The second kappa shape index (κ2) is 7.71. The van der Waals surface area contributed by atoms with Gasteiger partial charge in [-0.3, -0.25) is 0 Å². The Morgan fingerprint density at radius 2 is 1.23 bits per heavy atom. The summed E-state index contributed by atoms with van der Waals surface area (Å²) in [5, 5.41) is 0. The molecule has 3 aromatic rings. The van der Waals surface area contributed by atoms with Gasteiger partial charge in [0, 0.05) is 8.95 Å². The van der Waals surface area contributed by atoms with Crippen LogP contribution in [0.15, 0.2) is 27.1 Å². The van der Waals surface area contributed by atoms with E-state index in [1.807, 2.05) is 0 Å². The summed E-state index contributed by atoms with van der Waals surface area (Å²) in [6.45, 7) is 16.1. The molecule has 3 aromatic carbocycles. The highest BCUT2D eigenvalue weighted by molar-refractivity contribution is 9.11. The van der Waals surface area contributed by atoms with Crippen molar-refractivity contribution in [3.63, 3.8) is 0 Å². The summed E-state index contributed by atoms with van der Waals surface area (Å²) in [6.07, 6.45) is 0.988. The number of fused-ring (bicyclic) bond motifs is 2. The van der Waals surface area contributed by atoms with Crippen LogP contribution in [-0.2, 0) is 6.42 Å². The molecule has 0 spiro atoms. The fraction of sp³-hybridized carbons (Fsp3) is 0.308. The van der Waals surface area contributed by atoms with Gasteiger partial charge >= 0.3 is 0 Å². The molecule has 0 aliphatic carbocycles. The van der Waals surface area contributed by atoms with Gasteiger partial charge in [0.05, 0.1) is 0 Å². The quantitative estimate of drug-likeness (QED) is 0.332. The third kappa shape index (κ3) is 3.17. The predicted molar refractivity (Wildman–Crippen MR) is 144 cm³/mol. The van der Waals surface area contributed by atoms with Crippen molar-refractivity contribution < 1.29 is 0 Å². The maximum absolute atomic E-state index is 3.96. The molecule has 4 heteroatoms. The van der Waals surface area contributed by atoms with Gasteiger partial charge in [-0.25, -0.2) is 0 Å². The van der Waals surface area contributed by atoms with Gasteiger partial charge in [0.15, 0.2) is 0 Å². The molecular weight excluding hydrogens is 494 g/mol. The van der Waals surface area contributed by atoms with E-state index in [9.17, 15) is 0 Å². The van der Waals surface area contributed by atoms with Crippen molar-refractivity contribution in [1.29, 1.82) is 0 Å². The lowest BCUT2D eigenvalue weighted by Gasteiger charge is -2.34. The summed E-state index contributed by atoms with van der Waals surface area (Å²) < 4.78 is 2.52. The molecule has 152 valence electrons. The standard InChI is InChI=1S/C26H28B2Br2/c1-12-8-13(2)22(17(6)21(12)27)28-23-14(3)9-15(4)26(30)20(23)11-19-10-16(5)25(29)18(7)24(19)28/h8-10H,11,27H2,1-7H3. The molecule has 1 heterocycles. The normalized spacial score (nSPS) is 12.8. The van der Waals surface area contributed by atoms with Gasteiger partial charge in [0.1, 0.15) is 7.85 Å². The van der Waals surface area contributed by atoms with Crippen LogP contribution in [-0.4, -0.2) is 14.6 Å². The molecule has 0 amide bonds. The zero-order chi connectivity index (χ0) is 22.1. The summed E-state index contributed by atoms with van der Waals surface area (Å²) in [6, 6.07) is 7.13. The summed E-state index contributed by atoms with van der Waals surface area (Å²) in [4.78, 5) is 0. The van der Waals surface area contributed by atoms with Crippen LogP contribution in [0.4, 0.5) is 0 Å². The minimum absolute atomic E-state index is 0.261. The molecule has 0 aromatic heterocycles. The van der Waals surface area contributed by atoms with E-state index >= 15 is 0 Å². The second-order valence-electron chi connectivity index (χ2n) is 9.21. The maximum Gasteiger partial charge on any atom is 0.243 e. The van der Waals surface area contributed by atoms with Crippen molar-refractivity contribution in [2.75, 3.05) is 0 Å². The Morgan fingerprint density at radius 3 is 1.90 bits per heavy atom. The summed E-state index contributed by atoms with van der Waals surface area (Å²) in [5.74, 6) is 0. The van der Waals surface area contributed by atoms with Crippen LogP contribution in [0.5, 0.6) is 0 Å². The van der Waals surface area contributed by atoms with Crippen molar-refractivity contribution in [2.45, 2.75) is 54.9 Å². The first-order chi connectivity index (χ1) is 14.0. The molecule has 0 atom stereocenters. The zero-order valence-corrected chi connectivity index (χ0v) is 22.4. The highest BCUT2D eigenvalue weighted by Crippen LogP contribution is 2.31. The smallest absolute Gasteiger partial charge is 0.0837 e. The van der Waals surface area contributed by atoms with Gasteiger partial charge in [-0.2, -0.15) is 0 Å². The van der Waals surface area contributed by atoms with Gasteiger partial charge in [-0.1, -0.05) is 94.2 Å². The summed E-state index contributed by atoms with van der Waals surface area (Å²) in [7, 11) is 2.27. The third-order valence-corrected chi connectivity index (χ3v) is 9.58. The van der Waals surface area contributed by atoms with Gasteiger partial charge in [0.2, 0.25) is 6.71 Å². The Hall–Kier alpha value is -1.25. The van der Waals surface area contributed by atoms with Crippen molar-refractivity contribution >= 4 is 68.3 Å². The van der Waals surface area contributed by atoms with Crippen molar-refractivity contribution in [3.8, 4) is 0 Å². The lowest BCUT2D eigenvalue weighted by Crippen LogP contribution is -2.61. The van der Waals surface area contributed by atoms with Crippen LogP contribution in [0.1, 0.15) is 50.1 Å². The van der Waals surface area contributed by atoms with Crippen LogP contribution in [0.25, 0.3) is 0 Å². The van der Waals surface area contributed by atoms with Gasteiger partial charge in [-0.15, -0.1) is 0 Å². The molecule has 0 saturated heterocycles. The van der Waals surface area contributed by atoms with E-state index in [-0.39, 0.29) is 6.71 Å². The van der Waals surface area contributed by atoms with Crippen LogP contribution >= 0.6 is 31.9 Å². The first kappa shape index (κ1) is 22.0. The Bertz CT molecular complexity index is 1190. The molecule has 0 N–H and O–H groups in total. The predicted octanol–water partition coefficient (Wildman–Crippen LogP) is 4.05. The molecule has 1 aliphatic rings. The first-order valence-corrected chi connectivity index (χ1v) is 12.3. The van der Waals surface area contributed by atoms with E-state index < -0.39 is 0 Å². The first-order valence-electron chi connectivity index (χ1n) is 10.7. The number of aryl methyl sites for hydroxylation is 5. The lowest BCUT2D eigenvalue weighted by atomic mass is 9.31. The van der Waals surface area contributed by atoms with Crippen LogP contribution in [0, 0.1) is 48.5 Å². The lowest BCUT2D eigenvalue weighted by molar-refractivity contribution is 1.14. The van der Waals surface area contributed by atoms with Gasteiger partial charge in [0.25, 0.3) is 0 Å². The number of hydrogen-bond acceptors (Lipinski definition) is 0. The molecule has 4 rings (SSSR count). The van der Waals surface area contributed by atoms with E-state index in [0.717, 1.165) is 6.42 Å². The van der Waals surface area contributed by atoms with Crippen LogP contribution in [0.3, 0.4) is 0 Å². The Labute approximate surface area is 199 Å². The highest BCUT2D eigenvalue weighted by Gasteiger charge is 2.37. The fourth-order valence-corrected chi connectivity index (χ4v) is 6.41. The second-order valence-corrected chi connectivity index (χ2v) is 10.8. The molecule has 1 aliphatic heterocycles. The molecule has 0 saturated carbocycles. The Balaban J connectivity index is 2.19. The zero-order valence-electron chi connectivity index (χ0n) is 19.3. The Kier molecular flexibility index (Phi) is 5.64. The molecule has 0 bridgehead atoms. The Morgan fingerprint density at radius 1 is 0.667 bits per heavy atom. The van der Waals surface area contributed by atoms with E-state index in [0.29, 0.717) is 0 Å². The SMILES string of the molecule is Bc1c(C)cc(C)c(B2c3c(cc(C)c(Br)c3C)Cc3c(Br)c(C)cc(C)c32)c1C. The van der Waals surface area contributed by atoms with Crippen LogP contribution < -0.4 is 21.9 Å². The molecular formula is C26H28B2Br2. The molecule has 0 unspecified atom stereocenters. The van der Waals surface area contributed by atoms with E-state index in [4.69, 9.17) is 0 Å². The van der Waals surface area contributed by atoms with Crippen molar-refractivity contribution in [2.24, 2.45) is 0 Å². The van der Waals surface area contributed by atoms with E-state index in [1.54, 1.807) is 0 Å². The van der Waals surface area contributed by atoms with E-state index in [1.165, 1.54) is 80.9 Å². The largest absolute Gasteiger partial charge is 0.243 e. The maximum atomic E-state index is 3.96. The molecule has 0 radical (unpaired) electrons. The topological polar surface area (TPSA) is 0 Å². The number of hydrogen-bond donors (Lipinski definition) is 0. The average molecular weight is 522 g/mol. The molecule has 0 nitrogen and oxygen atoms in total. The molecule has 0 fully saturated rings. The third-order valence-electron chi connectivity index (χ3n) is 7.26. The van der Waals surface area contributed by atoms with E-state index in [2.05, 4.69) is 106 Å². The number of rotatable bonds is 1.